The van der Waals surface area contributed by atoms with Crippen molar-refractivity contribution in [1.29, 1.82) is 0 Å². The SMILES string of the molecule is CN(C(=O)CN(CCO)Cc1ccccc1)c1ccccc1. The van der Waals surface area contributed by atoms with Crippen LogP contribution in [0.3, 0.4) is 0 Å². The molecule has 2 aromatic carbocycles. The summed E-state index contributed by atoms with van der Waals surface area (Å²) in [5.74, 6) is 0.00980. The molecule has 0 radical (unpaired) electrons. The Morgan fingerprint density at radius 2 is 1.59 bits per heavy atom. The summed E-state index contributed by atoms with van der Waals surface area (Å²) in [6, 6.07) is 19.5. The second-order valence-electron chi connectivity index (χ2n) is 5.21. The number of likely N-dealkylation sites (N-methyl/N-ethyl adjacent to an activating group) is 1. The molecule has 0 aliphatic rings. The third-order valence-corrected chi connectivity index (χ3v) is 3.54. The summed E-state index contributed by atoms with van der Waals surface area (Å²) in [6.45, 7) is 1.44. The lowest BCUT2D eigenvalue weighted by atomic mass is 10.2. The van der Waals surface area contributed by atoms with Crippen LogP contribution in [0.1, 0.15) is 5.56 Å². The fourth-order valence-corrected chi connectivity index (χ4v) is 2.29. The molecule has 2 aromatic rings. The summed E-state index contributed by atoms with van der Waals surface area (Å²) in [7, 11) is 1.78. The zero-order valence-electron chi connectivity index (χ0n) is 12.9. The number of benzene rings is 2. The van der Waals surface area contributed by atoms with Gasteiger partial charge in [-0.25, -0.2) is 0 Å². The van der Waals surface area contributed by atoms with E-state index in [9.17, 15) is 9.90 Å². The minimum Gasteiger partial charge on any atom is -0.395 e. The summed E-state index contributed by atoms with van der Waals surface area (Å²) in [4.78, 5) is 16.0. The highest BCUT2D eigenvalue weighted by Gasteiger charge is 2.15. The van der Waals surface area contributed by atoms with Gasteiger partial charge in [-0.05, 0) is 17.7 Å². The van der Waals surface area contributed by atoms with Gasteiger partial charge in [-0.3, -0.25) is 9.69 Å². The van der Waals surface area contributed by atoms with Crippen LogP contribution < -0.4 is 4.90 Å². The number of aliphatic hydroxyl groups excluding tert-OH is 1. The first kappa shape index (κ1) is 16.2. The molecular weight excluding hydrogens is 276 g/mol. The lowest BCUT2D eigenvalue weighted by molar-refractivity contribution is -0.119. The number of amides is 1. The largest absolute Gasteiger partial charge is 0.395 e. The highest BCUT2D eigenvalue weighted by molar-refractivity contribution is 5.94. The van der Waals surface area contributed by atoms with Crippen molar-refractivity contribution >= 4 is 11.6 Å². The Balaban J connectivity index is 1.99. The lowest BCUT2D eigenvalue weighted by Crippen LogP contribution is -2.39. The zero-order chi connectivity index (χ0) is 15.8. The van der Waals surface area contributed by atoms with Crippen LogP contribution in [0, 0.1) is 0 Å². The van der Waals surface area contributed by atoms with Gasteiger partial charge in [-0.15, -0.1) is 0 Å². The standard InChI is InChI=1S/C18H22N2O2/c1-19(17-10-6-3-7-11-17)18(22)15-20(12-13-21)14-16-8-4-2-5-9-16/h2-11,21H,12-15H2,1H3. The van der Waals surface area contributed by atoms with Crippen molar-refractivity contribution in [2.75, 3.05) is 31.6 Å². The van der Waals surface area contributed by atoms with Crippen LogP contribution in [0.15, 0.2) is 60.7 Å². The smallest absolute Gasteiger partial charge is 0.240 e. The Labute approximate surface area is 131 Å². The van der Waals surface area contributed by atoms with Crippen LogP contribution >= 0.6 is 0 Å². The van der Waals surface area contributed by atoms with Crippen molar-refractivity contribution in [2.24, 2.45) is 0 Å². The molecule has 0 atom stereocenters. The predicted molar refractivity (Wildman–Crippen MR) is 88.7 cm³/mol. The molecule has 2 rings (SSSR count). The molecule has 1 N–H and O–H groups in total. The molecule has 0 aliphatic carbocycles. The van der Waals surface area contributed by atoms with Crippen molar-refractivity contribution in [3.8, 4) is 0 Å². The summed E-state index contributed by atoms with van der Waals surface area (Å²) in [6.07, 6.45) is 0. The van der Waals surface area contributed by atoms with Gasteiger partial charge in [-0.1, -0.05) is 48.5 Å². The average Bonchev–Trinajstić information content (AvgIpc) is 2.56. The number of carbonyl (C=O) groups excluding carboxylic acids is 1. The topological polar surface area (TPSA) is 43.8 Å². The van der Waals surface area contributed by atoms with Crippen molar-refractivity contribution in [2.45, 2.75) is 6.54 Å². The molecule has 0 heterocycles. The fraction of sp³-hybridized carbons (Fsp3) is 0.278. The van der Waals surface area contributed by atoms with Gasteiger partial charge >= 0.3 is 0 Å². The Kier molecular flexibility index (Phi) is 6.13. The van der Waals surface area contributed by atoms with E-state index in [1.807, 2.05) is 65.6 Å². The van der Waals surface area contributed by atoms with E-state index in [0.717, 1.165) is 11.3 Å². The molecule has 0 fully saturated rings. The maximum atomic E-state index is 12.4. The Morgan fingerprint density at radius 1 is 1.00 bits per heavy atom. The Morgan fingerprint density at radius 3 is 2.18 bits per heavy atom. The van der Waals surface area contributed by atoms with Gasteiger partial charge in [0, 0.05) is 25.8 Å². The minimum atomic E-state index is 0.00980. The second kappa shape index (κ2) is 8.32. The van der Waals surface area contributed by atoms with Crippen LogP contribution in [0.25, 0.3) is 0 Å². The van der Waals surface area contributed by atoms with Crippen LogP contribution in [0.4, 0.5) is 5.69 Å². The summed E-state index contributed by atoms with van der Waals surface area (Å²) in [5.41, 5.74) is 2.00. The van der Waals surface area contributed by atoms with E-state index in [2.05, 4.69) is 0 Å². The van der Waals surface area contributed by atoms with Gasteiger partial charge in [0.15, 0.2) is 0 Å². The summed E-state index contributed by atoms with van der Waals surface area (Å²) >= 11 is 0. The highest BCUT2D eigenvalue weighted by Crippen LogP contribution is 2.12. The van der Waals surface area contributed by atoms with E-state index in [1.54, 1.807) is 11.9 Å². The molecule has 0 aliphatic heterocycles. The molecule has 0 saturated heterocycles. The molecule has 4 heteroatoms. The lowest BCUT2D eigenvalue weighted by Gasteiger charge is -2.24. The van der Waals surface area contributed by atoms with Gasteiger partial charge in [0.05, 0.1) is 13.2 Å². The third-order valence-electron chi connectivity index (χ3n) is 3.54. The molecule has 22 heavy (non-hydrogen) atoms. The third kappa shape index (κ3) is 4.69. The monoisotopic (exact) mass is 298 g/mol. The van der Waals surface area contributed by atoms with Crippen LogP contribution in [0.2, 0.25) is 0 Å². The number of carbonyl (C=O) groups is 1. The molecule has 1 amide bonds. The molecule has 0 saturated carbocycles. The maximum Gasteiger partial charge on any atom is 0.240 e. The average molecular weight is 298 g/mol. The molecule has 0 aromatic heterocycles. The van der Waals surface area contributed by atoms with Crippen LogP contribution in [0.5, 0.6) is 0 Å². The summed E-state index contributed by atoms with van der Waals surface area (Å²) < 4.78 is 0. The molecule has 0 bridgehead atoms. The van der Waals surface area contributed by atoms with Crippen molar-refractivity contribution in [3.05, 3.63) is 66.2 Å². The van der Waals surface area contributed by atoms with E-state index in [4.69, 9.17) is 0 Å². The van der Waals surface area contributed by atoms with E-state index < -0.39 is 0 Å². The first-order valence-electron chi connectivity index (χ1n) is 7.39. The number of aliphatic hydroxyl groups is 1. The number of hydrogen-bond donors (Lipinski definition) is 1. The molecule has 0 spiro atoms. The van der Waals surface area contributed by atoms with Crippen molar-refractivity contribution in [1.82, 2.24) is 4.90 Å². The van der Waals surface area contributed by atoms with Gasteiger partial charge in [0.2, 0.25) is 5.91 Å². The van der Waals surface area contributed by atoms with E-state index in [-0.39, 0.29) is 19.1 Å². The van der Waals surface area contributed by atoms with Gasteiger partial charge in [-0.2, -0.15) is 0 Å². The maximum absolute atomic E-state index is 12.4. The number of nitrogens with zero attached hydrogens (tertiary/aromatic N) is 2. The van der Waals surface area contributed by atoms with Crippen molar-refractivity contribution < 1.29 is 9.90 Å². The normalized spacial score (nSPS) is 10.7. The summed E-state index contributed by atoms with van der Waals surface area (Å²) in [5, 5.41) is 9.22. The number of anilines is 1. The number of rotatable bonds is 7. The quantitative estimate of drug-likeness (QED) is 0.852. The zero-order valence-corrected chi connectivity index (χ0v) is 12.9. The molecule has 4 nitrogen and oxygen atoms in total. The Hall–Kier alpha value is -2.17. The van der Waals surface area contributed by atoms with Gasteiger partial charge < -0.3 is 10.0 Å². The van der Waals surface area contributed by atoms with E-state index in [1.165, 1.54) is 0 Å². The highest BCUT2D eigenvalue weighted by atomic mass is 16.3. The van der Waals surface area contributed by atoms with Crippen molar-refractivity contribution in [3.63, 3.8) is 0 Å². The molecule has 0 unspecified atom stereocenters. The fourth-order valence-electron chi connectivity index (χ4n) is 2.29. The van der Waals surface area contributed by atoms with E-state index >= 15 is 0 Å². The van der Waals surface area contributed by atoms with Gasteiger partial charge in [0.25, 0.3) is 0 Å². The number of hydrogen-bond acceptors (Lipinski definition) is 3. The van der Waals surface area contributed by atoms with Gasteiger partial charge in [0.1, 0.15) is 0 Å². The first-order chi connectivity index (χ1) is 10.7. The minimum absolute atomic E-state index is 0.00980. The molecule has 116 valence electrons. The van der Waals surface area contributed by atoms with E-state index in [0.29, 0.717) is 13.1 Å². The first-order valence-corrected chi connectivity index (χ1v) is 7.39. The van der Waals surface area contributed by atoms with Crippen LogP contribution in [-0.2, 0) is 11.3 Å². The second-order valence-corrected chi connectivity index (χ2v) is 5.21. The Bertz CT molecular complexity index is 572. The van der Waals surface area contributed by atoms with Crippen LogP contribution in [-0.4, -0.2) is 42.7 Å². The number of para-hydroxylation sites is 1. The molecular formula is C18H22N2O2. The predicted octanol–water partition coefficient (Wildman–Crippen LogP) is 2.14.